The van der Waals surface area contributed by atoms with Crippen molar-refractivity contribution in [3.8, 4) is 11.4 Å². The van der Waals surface area contributed by atoms with Crippen LogP contribution in [0.25, 0.3) is 5.69 Å². The number of hydrogen-bond acceptors (Lipinski definition) is 4. The van der Waals surface area contributed by atoms with Crippen LogP contribution in [0.15, 0.2) is 35.4 Å². The molecule has 1 heterocycles. The molecule has 0 saturated carbocycles. The first-order valence-corrected chi connectivity index (χ1v) is 5.62. The Morgan fingerprint density at radius 2 is 2.00 bits per heavy atom. The second kappa shape index (κ2) is 3.86. The molecule has 0 aliphatic carbocycles. The van der Waals surface area contributed by atoms with Crippen LogP contribution < -0.4 is 5.73 Å². The lowest BCUT2D eigenvalue weighted by Gasteiger charge is -2.03. The van der Waals surface area contributed by atoms with Gasteiger partial charge in [-0.1, -0.05) is 0 Å². The fourth-order valence-corrected chi connectivity index (χ4v) is 1.68. The quantitative estimate of drug-likeness (QED) is 0.760. The van der Waals surface area contributed by atoms with Gasteiger partial charge in [0.25, 0.3) is 0 Å². The van der Waals surface area contributed by atoms with E-state index in [0.29, 0.717) is 5.82 Å². The molecule has 2 rings (SSSR count). The van der Waals surface area contributed by atoms with Crippen LogP contribution in [-0.2, 0) is 0 Å². The lowest BCUT2D eigenvalue weighted by Crippen LogP contribution is -2.00. The third-order valence-electron chi connectivity index (χ3n) is 2.02. The zero-order valence-corrected chi connectivity index (χ0v) is 9.03. The summed E-state index contributed by atoms with van der Waals surface area (Å²) in [5.74, 6) is 0.819. The fraction of sp³-hybridized carbons (Fsp3) is 0.100. The smallest absolute Gasteiger partial charge is 0.128 e. The van der Waals surface area contributed by atoms with Gasteiger partial charge in [0.1, 0.15) is 16.6 Å². The van der Waals surface area contributed by atoms with Crippen LogP contribution in [0.3, 0.4) is 0 Å². The van der Waals surface area contributed by atoms with E-state index in [2.05, 4.69) is 5.10 Å². The highest BCUT2D eigenvalue weighted by molar-refractivity contribution is 7.98. The summed E-state index contributed by atoms with van der Waals surface area (Å²) in [5.41, 5.74) is 6.65. The van der Waals surface area contributed by atoms with Crippen molar-refractivity contribution in [1.29, 1.82) is 0 Å². The second-order valence-corrected chi connectivity index (χ2v) is 3.87. The van der Waals surface area contributed by atoms with Crippen LogP contribution in [0, 0.1) is 0 Å². The molecule has 0 fully saturated rings. The maximum Gasteiger partial charge on any atom is 0.128 e. The van der Waals surface area contributed by atoms with Crippen molar-refractivity contribution >= 4 is 17.6 Å². The molecule has 4 nitrogen and oxygen atoms in total. The fourth-order valence-electron chi connectivity index (χ4n) is 1.27. The van der Waals surface area contributed by atoms with Gasteiger partial charge in [0, 0.05) is 6.07 Å². The third kappa shape index (κ3) is 1.92. The molecule has 1 aromatic carbocycles. The van der Waals surface area contributed by atoms with Gasteiger partial charge in [-0.15, -0.1) is 11.8 Å². The summed E-state index contributed by atoms with van der Waals surface area (Å²) in [6.07, 6.45) is 1.95. The minimum Gasteiger partial charge on any atom is -0.508 e. The van der Waals surface area contributed by atoms with Crippen molar-refractivity contribution in [2.45, 2.75) is 5.03 Å². The highest BCUT2D eigenvalue weighted by Gasteiger charge is 2.05. The molecule has 3 N–H and O–H groups in total. The van der Waals surface area contributed by atoms with E-state index in [1.807, 2.05) is 12.3 Å². The van der Waals surface area contributed by atoms with E-state index in [1.54, 1.807) is 40.7 Å². The third-order valence-corrected chi connectivity index (χ3v) is 2.64. The normalized spacial score (nSPS) is 10.5. The second-order valence-electron chi connectivity index (χ2n) is 3.04. The first-order valence-electron chi connectivity index (χ1n) is 4.39. The average Bonchev–Trinajstić information content (AvgIpc) is 2.61. The molecule has 0 spiro atoms. The van der Waals surface area contributed by atoms with E-state index in [-0.39, 0.29) is 5.75 Å². The van der Waals surface area contributed by atoms with Gasteiger partial charge >= 0.3 is 0 Å². The first kappa shape index (κ1) is 9.92. The Morgan fingerprint density at radius 1 is 1.33 bits per heavy atom. The number of nitrogens with zero attached hydrogens (tertiary/aromatic N) is 2. The van der Waals surface area contributed by atoms with Crippen molar-refractivity contribution in [2.24, 2.45) is 0 Å². The molecular formula is C10H11N3OS. The highest BCUT2D eigenvalue weighted by Crippen LogP contribution is 2.21. The van der Waals surface area contributed by atoms with Crippen molar-refractivity contribution in [3.05, 3.63) is 30.3 Å². The molecule has 0 atom stereocenters. The lowest BCUT2D eigenvalue weighted by atomic mass is 10.3. The molecule has 0 aliphatic heterocycles. The van der Waals surface area contributed by atoms with E-state index in [9.17, 15) is 0 Å². The van der Waals surface area contributed by atoms with Crippen LogP contribution in [0.4, 0.5) is 5.82 Å². The SMILES string of the molecule is CSc1cc(N)n(-c2ccc(O)cc2)n1. The van der Waals surface area contributed by atoms with Gasteiger partial charge in [-0.25, -0.2) is 4.68 Å². The summed E-state index contributed by atoms with van der Waals surface area (Å²) in [4.78, 5) is 0. The van der Waals surface area contributed by atoms with Crippen molar-refractivity contribution < 1.29 is 5.11 Å². The van der Waals surface area contributed by atoms with Crippen molar-refractivity contribution in [2.75, 3.05) is 12.0 Å². The lowest BCUT2D eigenvalue weighted by molar-refractivity contribution is 0.475. The Morgan fingerprint density at radius 3 is 2.53 bits per heavy atom. The van der Waals surface area contributed by atoms with Crippen LogP contribution >= 0.6 is 11.8 Å². The Balaban J connectivity index is 2.44. The number of thioether (sulfide) groups is 1. The van der Waals surface area contributed by atoms with Gasteiger partial charge < -0.3 is 10.8 Å². The van der Waals surface area contributed by atoms with E-state index < -0.39 is 0 Å². The Bertz CT molecular complexity index is 464. The van der Waals surface area contributed by atoms with Gasteiger partial charge in [-0.3, -0.25) is 0 Å². The number of aromatic nitrogens is 2. The minimum atomic E-state index is 0.231. The van der Waals surface area contributed by atoms with E-state index in [0.717, 1.165) is 10.7 Å². The van der Waals surface area contributed by atoms with E-state index >= 15 is 0 Å². The van der Waals surface area contributed by atoms with Gasteiger partial charge in [-0.2, -0.15) is 5.10 Å². The zero-order chi connectivity index (χ0) is 10.8. The molecular weight excluding hydrogens is 210 g/mol. The average molecular weight is 221 g/mol. The van der Waals surface area contributed by atoms with E-state index in [4.69, 9.17) is 10.8 Å². The van der Waals surface area contributed by atoms with E-state index in [1.165, 1.54) is 0 Å². The van der Waals surface area contributed by atoms with Crippen LogP contribution in [0.5, 0.6) is 5.75 Å². The first-order chi connectivity index (χ1) is 7.20. The minimum absolute atomic E-state index is 0.231. The number of aromatic hydroxyl groups is 1. The van der Waals surface area contributed by atoms with Crippen molar-refractivity contribution in [3.63, 3.8) is 0 Å². The predicted molar refractivity (Wildman–Crippen MR) is 61.4 cm³/mol. The number of phenolic OH excluding ortho intramolecular Hbond substituents is 1. The standard InChI is InChI=1S/C10H11N3OS/c1-15-10-6-9(11)13(12-10)7-2-4-8(14)5-3-7/h2-6,14H,11H2,1H3. The highest BCUT2D eigenvalue weighted by atomic mass is 32.2. The summed E-state index contributed by atoms with van der Waals surface area (Å²) >= 11 is 1.54. The molecule has 0 bridgehead atoms. The molecule has 78 valence electrons. The number of nitrogens with two attached hydrogens (primary N) is 1. The number of benzene rings is 1. The van der Waals surface area contributed by atoms with Crippen molar-refractivity contribution in [1.82, 2.24) is 9.78 Å². The Kier molecular flexibility index (Phi) is 2.55. The number of nitrogen functional groups attached to an aromatic ring is 1. The Labute approximate surface area is 91.7 Å². The van der Waals surface area contributed by atoms with Crippen LogP contribution in [0.1, 0.15) is 0 Å². The number of phenols is 1. The molecule has 1 aromatic heterocycles. The number of hydrogen-bond donors (Lipinski definition) is 2. The topological polar surface area (TPSA) is 64.1 Å². The molecule has 15 heavy (non-hydrogen) atoms. The summed E-state index contributed by atoms with van der Waals surface area (Å²) < 4.78 is 1.64. The predicted octanol–water partition coefficient (Wildman–Crippen LogP) is 1.88. The molecule has 0 radical (unpaired) electrons. The summed E-state index contributed by atoms with van der Waals surface area (Å²) in [6, 6.07) is 8.56. The summed E-state index contributed by atoms with van der Waals surface area (Å²) in [6.45, 7) is 0. The number of rotatable bonds is 2. The molecule has 2 aromatic rings. The molecule has 0 amide bonds. The van der Waals surface area contributed by atoms with Crippen LogP contribution in [-0.4, -0.2) is 21.1 Å². The van der Waals surface area contributed by atoms with Gasteiger partial charge in [0.2, 0.25) is 0 Å². The number of anilines is 1. The monoisotopic (exact) mass is 221 g/mol. The maximum atomic E-state index is 9.16. The Hall–Kier alpha value is -1.62. The summed E-state index contributed by atoms with van der Waals surface area (Å²) in [7, 11) is 0. The maximum absolute atomic E-state index is 9.16. The van der Waals surface area contributed by atoms with Gasteiger partial charge in [0.05, 0.1) is 5.69 Å². The zero-order valence-electron chi connectivity index (χ0n) is 8.21. The molecule has 5 heteroatoms. The molecule has 0 aliphatic rings. The molecule has 0 saturated heterocycles. The van der Waals surface area contributed by atoms with Crippen LogP contribution in [0.2, 0.25) is 0 Å². The summed E-state index contributed by atoms with van der Waals surface area (Å²) in [5, 5.41) is 14.3. The van der Waals surface area contributed by atoms with Gasteiger partial charge in [-0.05, 0) is 30.5 Å². The largest absolute Gasteiger partial charge is 0.508 e. The molecule has 0 unspecified atom stereocenters. The van der Waals surface area contributed by atoms with Gasteiger partial charge in [0.15, 0.2) is 0 Å².